The lowest BCUT2D eigenvalue weighted by molar-refractivity contribution is 0.0141. The maximum absolute atomic E-state index is 14.0. The van der Waals surface area contributed by atoms with E-state index in [0.717, 1.165) is 22.3 Å². The number of Topliss-reactive ketones (excluding diaryl/α,β-unsaturated/α-hetero) is 1. The smallest absolute Gasteiger partial charge is 0.196 e. The number of aryl methyl sites for hydroxylation is 1. The molecule has 0 amide bonds. The molecule has 0 spiro atoms. The first-order valence-electron chi connectivity index (χ1n) is 12.0. The summed E-state index contributed by atoms with van der Waals surface area (Å²) in [6.07, 6.45) is 5.67. The Kier molecular flexibility index (Phi) is 5.70. The number of aromatic hydroxyl groups is 2. The Hall–Kier alpha value is -3.01. The highest BCUT2D eigenvalue weighted by Gasteiger charge is 2.55. The zero-order valence-electron chi connectivity index (χ0n) is 21.6. The Bertz CT molecular complexity index is 1280. The Morgan fingerprint density at radius 3 is 2.18 bits per heavy atom. The van der Waals surface area contributed by atoms with Crippen molar-refractivity contribution in [2.24, 2.45) is 5.92 Å². The van der Waals surface area contributed by atoms with Crippen LogP contribution in [-0.4, -0.2) is 21.6 Å². The molecule has 180 valence electrons. The van der Waals surface area contributed by atoms with Gasteiger partial charge in [-0.1, -0.05) is 36.3 Å². The van der Waals surface area contributed by atoms with Gasteiger partial charge in [0, 0.05) is 11.5 Å². The van der Waals surface area contributed by atoms with Gasteiger partial charge in [0.1, 0.15) is 22.9 Å². The third-order valence-electron chi connectivity index (χ3n) is 7.56. The van der Waals surface area contributed by atoms with Gasteiger partial charge < -0.3 is 14.9 Å². The van der Waals surface area contributed by atoms with Crippen molar-refractivity contribution in [2.75, 3.05) is 0 Å². The van der Waals surface area contributed by atoms with Crippen molar-refractivity contribution in [2.45, 2.75) is 79.2 Å². The van der Waals surface area contributed by atoms with Crippen LogP contribution in [0, 0.1) is 12.8 Å². The number of ketones is 1. The van der Waals surface area contributed by atoms with Crippen LogP contribution in [0.4, 0.5) is 0 Å². The van der Waals surface area contributed by atoms with Crippen molar-refractivity contribution in [3.63, 3.8) is 0 Å². The van der Waals surface area contributed by atoms with Crippen molar-refractivity contribution in [3.8, 4) is 11.5 Å². The summed E-state index contributed by atoms with van der Waals surface area (Å²) in [7, 11) is 0. The van der Waals surface area contributed by atoms with Crippen LogP contribution >= 0.6 is 0 Å². The third kappa shape index (κ3) is 3.55. The lowest BCUT2D eigenvalue weighted by Gasteiger charge is -2.40. The molecule has 1 unspecified atom stereocenters. The highest BCUT2D eigenvalue weighted by molar-refractivity contribution is 6.17. The Morgan fingerprint density at radius 2 is 1.62 bits per heavy atom. The number of phenols is 2. The van der Waals surface area contributed by atoms with Gasteiger partial charge in [-0.3, -0.25) is 4.79 Å². The van der Waals surface area contributed by atoms with E-state index < -0.39 is 11.0 Å². The van der Waals surface area contributed by atoms with Gasteiger partial charge in [-0.05, 0) is 90.0 Å². The third-order valence-corrected chi connectivity index (χ3v) is 7.56. The number of phenolic OH excluding ortho intramolecular Hbond substituents is 2. The summed E-state index contributed by atoms with van der Waals surface area (Å²) in [6, 6.07) is 5.55. The monoisotopic (exact) mass is 460 g/mol. The molecule has 2 aromatic rings. The first-order chi connectivity index (χ1) is 15.8. The summed E-state index contributed by atoms with van der Waals surface area (Å²) in [4.78, 5) is 14.0. The molecular weight excluding hydrogens is 424 g/mol. The predicted octanol–water partition coefficient (Wildman–Crippen LogP) is 7.41. The zero-order chi connectivity index (χ0) is 25.2. The van der Waals surface area contributed by atoms with Crippen LogP contribution in [-0.2, 0) is 10.2 Å². The summed E-state index contributed by atoms with van der Waals surface area (Å²) in [5.41, 5.74) is 3.77. The molecule has 0 saturated heterocycles. The van der Waals surface area contributed by atoms with E-state index in [-0.39, 0.29) is 23.2 Å². The van der Waals surface area contributed by atoms with E-state index in [4.69, 9.17) is 4.74 Å². The molecule has 4 rings (SSSR count). The lowest BCUT2D eigenvalue weighted by atomic mass is 9.64. The first kappa shape index (κ1) is 24.1. The summed E-state index contributed by atoms with van der Waals surface area (Å²) in [5, 5.41) is 23.2. The highest BCUT2D eigenvalue weighted by atomic mass is 16.5. The van der Waals surface area contributed by atoms with Gasteiger partial charge in [-0.2, -0.15) is 0 Å². The summed E-state index contributed by atoms with van der Waals surface area (Å²) >= 11 is 0. The number of hydrogen-bond donors (Lipinski definition) is 2. The average Bonchev–Trinajstić information content (AvgIpc) is 2.96. The molecule has 0 fully saturated rings. The maximum Gasteiger partial charge on any atom is 0.196 e. The number of allylic oxidation sites excluding steroid dienone is 5. The standard InChI is InChI=1S/C30H36O4/c1-16(2)9-11-30(12-10-17(3)4)21-15-20-13-18(5)14-22(31)24(20)27(33)25(21)26(32)23-19(6)29(7,8)34-28(23)30/h9-10,13-15,19,31,33H,11-12H2,1-8H3. The van der Waals surface area contributed by atoms with Crippen LogP contribution in [0.3, 0.4) is 0 Å². The normalized spacial score (nSPS) is 20.0. The van der Waals surface area contributed by atoms with E-state index in [1.807, 2.05) is 39.8 Å². The van der Waals surface area contributed by atoms with Crippen LogP contribution in [0.15, 0.2) is 52.8 Å². The molecule has 4 nitrogen and oxygen atoms in total. The quantitative estimate of drug-likeness (QED) is 0.466. The van der Waals surface area contributed by atoms with Crippen molar-refractivity contribution < 1.29 is 19.7 Å². The van der Waals surface area contributed by atoms with Crippen LogP contribution in [0.1, 0.15) is 82.8 Å². The van der Waals surface area contributed by atoms with Crippen molar-refractivity contribution in [1.29, 1.82) is 0 Å². The van der Waals surface area contributed by atoms with Gasteiger partial charge in [-0.15, -0.1) is 0 Å². The molecule has 2 N–H and O–H groups in total. The SMILES string of the molecule is CC(C)=CCC1(CC=C(C)C)C2=C(C(=O)c3c1cc1cc(C)cc(O)c1c3O)C(C)C(C)(C)O2. The number of fused-ring (bicyclic) bond motifs is 2. The molecule has 34 heavy (non-hydrogen) atoms. The average molecular weight is 461 g/mol. The fraction of sp³-hybridized carbons (Fsp3) is 0.433. The summed E-state index contributed by atoms with van der Waals surface area (Å²) in [6.45, 7) is 16.3. The second kappa shape index (κ2) is 8.04. The van der Waals surface area contributed by atoms with Crippen LogP contribution in [0.25, 0.3) is 10.8 Å². The minimum atomic E-state index is -0.639. The Morgan fingerprint density at radius 1 is 1.03 bits per heavy atom. The van der Waals surface area contributed by atoms with E-state index in [1.54, 1.807) is 6.07 Å². The molecule has 0 aromatic heterocycles. The van der Waals surface area contributed by atoms with Crippen LogP contribution in [0.2, 0.25) is 0 Å². The maximum atomic E-state index is 14.0. The van der Waals surface area contributed by atoms with Gasteiger partial charge in [-0.25, -0.2) is 0 Å². The molecule has 0 bridgehead atoms. The van der Waals surface area contributed by atoms with Gasteiger partial charge in [0.25, 0.3) is 0 Å². The number of carbonyl (C=O) groups is 1. The zero-order valence-corrected chi connectivity index (χ0v) is 21.6. The fourth-order valence-electron chi connectivity index (χ4n) is 5.36. The van der Waals surface area contributed by atoms with Gasteiger partial charge in [0.15, 0.2) is 5.78 Å². The largest absolute Gasteiger partial charge is 0.507 e. The molecule has 0 radical (unpaired) electrons. The number of hydrogen-bond acceptors (Lipinski definition) is 4. The second-order valence-electron chi connectivity index (χ2n) is 11.1. The highest BCUT2D eigenvalue weighted by Crippen LogP contribution is 2.58. The molecule has 1 atom stereocenters. The van der Waals surface area contributed by atoms with Crippen molar-refractivity contribution in [1.82, 2.24) is 0 Å². The van der Waals surface area contributed by atoms with Gasteiger partial charge >= 0.3 is 0 Å². The van der Waals surface area contributed by atoms with E-state index in [9.17, 15) is 15.0 Å². The summed E-state index contributed by atoms with van der Waals surface area (Å²) in [5.74, 6) is 0.235. The second-order valence-corrected chi connectivity index (χ2v) is 11.1. The minimum absolute atomic E-state index is 0.0156. The van der Waals surface area contributed by atoms with E-state index in [0.29, 0.717) is 29.4 Å². The van der Waals surface area contributed by atoms with Gasteiger partial charge in [0.05, 0.1) is 16.4 Å². The molecule has 1 aliphatic carbocycles. The van der Waals surface area contributed by atoms with Crippen LogP contribution in [0.5, 0.6) is 11.5 Å². The molecule has 4 heteroatoms. The van der Waals surface area contributed by atoms with E-state index in [1.165, 1.54) is 11.1 Å². The first-order valence-corrected chi connectivity index (χ1v) is 12.0. The minimum Gasteiger partial charge on any atom is -0.507 e. The van der Waals surface area contributed by atoms with Crippen molar-refractivity contribution >= 4 is 16.6 Å². The van der Waals surface area contributed by atoms with Gasteiger partial charge in [0.2, 0.25) is 0 Å². The predicted molar refractivity (Wildman–Crippen MR) is 137 cm³/mol. The number of carbonyl (C=O) groups excluding carboxylic acids is 1. The number of rotatable bonds is 4. The fourth-order valence-corrected chi connectivity index (χ4v) is 5.36. The van der Waals surface area contributed by atoms with Crippen LogP contribution < -0.4 is 0 Å². The molecule has 2 aromatic carbocycles. The molecule has 1 heterocycles. The molecule has 2 aliphatic rings. The summed E-state index contributed by atoms with van der Waals surface area (Å²) < 4.78 is 6.64. The lowest BCUT2D eigenvalue weighted by Crippen LogP contribution is -2.36. The Labute approximate surface area is 202 Å². The van der Waals surface area contributed by atoms with E-state index >= 15 is 0 Å². The molecule has 1 aliphatic heterocycles. The van der Waals surface area contributed by atoms with E-state index in [2.05, 4.69) is 39.8 Å². The molecular formula is C30H36O4. The molecule has 0 saturated carbocycles. The Balaban J connectivity index is 2.17. The number of ether oxygens (including phenoxy) is 1. The number of benzene rings is 2. The topological polar surface area (TPSA) is 66.8 Å². The van der Waals surface area contributed by atoms with Crippen molar-refractivity contribution in [3.05, 3.63) is 69.5 Å².